The van der Waals surface area contributed by atoms with Gasteiger partial charge < -0.3 is 14.7 Å². The zero-order valence-electron chi connectivity index (χ0n) is 16.4. The van der Waals surface area contributed by atoms with Crippen molar-refractivity contribution in [1.82, 2.24) is 9.80 Å². The minimum Gasteiger partial charge on any atom is -0.339 e. The number of para-hydroxylation sites is 1. The number of nitrogens with zero attached hydrogens (tertiary/aromatic N) is 3. The molecular weight excluding hydrogens is 405 g/mol. The van der Waals surface area contributed by atoms with E-state index in [1.807, 2.05) is 24.3 Å². The third-order valence-corrected chi connectivity index (χ3v) is 6.40. The largest absolute Gasteiger partial charge is 0.339 e. The quantitative estimate of drug-likeness (QED) is 0.751. The van der Waals surface area contributed by atoms with Crippen LogP contribution in [0.25, 0.3) is 0 Å². The number of rotatable bonds is 4. The number of carbonyl (C=O) groups is 3. The van der Waals surface area contributed by atoms with Crippen LogP contribution in [0.2, 0.25) is 0 Å². The molecule has 4 rings (SSSR count). The fraction of sp³-hybridized carbons (Fsp3) is 0.318. The number of carbonyl (C=O) groups excluding carboxylic acids is 3. The molecule has 0 radical (unpaired) electrons. The molecule has 2 aliphatic rings. The van der Waals surface area contributed by atoms with E-state index in [0.717, 1.165) is 16.1 Å². The lowest BCUT2D eigenvalue weighted by molar-refractivity contribution is -0.138. The van der Waals surface area contributed by atoms with Gasteiger partial charge in [-0.2, -0.15) is 0 Å². The summed E-state index contributed by atoms with van der Waals surface area (Å²) >= 11 is 1.49. The van der Waals surface area contributed by atoms with Crippen LogP contribution >= 0.6 is 11.8 Å². The maximum absolute atomic E-state index is 13.0. The van der Waals surface area contributed by atoms with Crippen molar-refractivity contribution in [3.63, 3.8) is 0 Å². The highest BCUT2D eigenvalue weighted by Crippen LogP contribution is 2.34. The maximum atomic E-state index is 13.0. The summed E-state index contributed by atoms with van der Waals surface area (Å²) in [5.41, 5.74) is 1.54. The average molecular weight is 428 g/mol. The summed E-state index contributed by atoms with van der Waals surface area (Å²) in [6.45, 7) is 1.79. The van der Waals surface area contributed by atoms with Crippen LogP contribution in [-0.4, -0.2) is 66.0 Å². The molecule has 2 aromatic carbocycles. The highest BCUT2D eigenvalue weighted by molar-refractivity contribution is 8.00. The summed E-state index contributed by atoms with van der Waals surface area (Å²) in [6.07, 6.45) is 0.213. The van der Waals surface area contributed by atoms with Crippen molar-refractivity contribution >= 4 is 35.2 Å². The summed E-state index contributed by atoms with van der Waals surface area (Å²) in [6, 6.07) is 13.5. The molecule has 0 aliphatic carbocycles. The molecular formula is C22H22FN3O3S. The summed E-state index contributed by atoms with van der Waals surface area (Å²) in [7, 11) is 0. The average Bonchev–Trinajstić information content (AvgIpc) is 2.77. The molecule has 30 heavy (non-hydrogen) atoms. The van der Waals surface area contributed by atoms with Crippen molar-refractivity contribution in [1.29, 1.82) is 0 Å². The molecule has 0 saturated carbocycles. The van der Waals surface area contributed by atoms with Crippen LogP contribution < -0.4 is 4.90 Å². The highest BCUT2D eigenvalue weighted by atomic mass is 32.2. The fourth-order valence-electron chi connectivity index (χ4n) is 3.66. The van der Waals surface area contributed by atoms with E-state index in [1.165, 1.54) is 23.9 Å². The zero-order valence-corrected chi connectivity index (χ0v) is 17.2. The topological polar surface area (TPSA) is 60.9 Å². The normalized spacial score (nSPS) is 16.4. The van der Waals surface area contributed by atoms with Gasteiger partial charge in [-0.05, 0) is 29.8 Å². The van der Waals surface area contributed by atoms with Gasteiger partial charge in [0.05, 0.1) is 17.9 Å². The molecule has 3 amide bonds. The minimum absolute atomic E-state index is 0.0138. The molecule has 2 aliphatic heterocycles. The molecule has 0 bridgehead atoms. The lowest BCUT2D eigenvalue weighted by Crippen LogP contribution is -2.53. The molecule has 156 valence electrons. The van der Waals surface area contributed by atoms with Crippen molar-refractivity contribution in [2.75, 3.05) is 43.4 Å². The standard InChI is InChI=1S/C22H22FN3O3S/c23-17-7-5-16(6-8-17)13-20(27)24-9-11-25(12-10-24)21(28)14-26-18-3-1-2-4-19(18)30-15-22(26)29/h1-8H,9-15H2. The Hall–Kier alpha value is -2.87. The first-order valence-electron chi connectivity index (χ1n) is 9.83. The molecule has 6 nitrogen and oxygen atoms in total. The van der Waals surface area contributed by atoms with Crippen LogP contribution in [0, 0.1) is 5.82 Å². The Morgan fingerprint density at radius 1 is 0.900 bits per heavy atom. The molecule has 0 aromatic heterocycles. The number of thioether (sulfide) groups is 1. The monoisotopic (exact) mass is 427 g/mol. The van der Waals surface area contributed by atoms with Gasteiger partial charge in [0.15, 0.2) is 0 Å². The number of hydrogen-bond donors (Lipinski definition) is 0. The second kappa shape index (κ2) is 8.87. The SMILES string of the molecule is O=C(Cc1ccc(F)cc1)N1CCN(C(=O)CN2C(=O)CSc3ccccc32)CC1. The van der Waals surface area contributed by atoms with Crippen molar-refractivity contribution in [2.45, 2.75) is 11.3 Å². The van der Waals surface area contributed by atoms with Crippen LogP contribution in [0.3, 0.4) is 0 Å². The number of benzene rings is 2. The van der Waals surface area contributed by atoms with E-state index >= 15 is 0 Å². The molecule has 2 heterocycles. The Kier molecular flexibility index (Phi) is 6.03. The van der Waals surface area contributed by atoms with Gasteiger partial charge in [-0.15, -0.1) is 11.8 Å². The van der Waals surface area contributed by atoms with Crippen LogP contribution in [-0.2, 0) is 20.8 Å². The van der Waals surface area contributed by atoms with Crippen molar-refractivity contribution in [3.05, 3.63) is 59.9 Å². The van der Waals surface area contributed by atoms with Crippen molar-refractivity contribution in [3.8, 4) is 0 Å². The molecule has 0 spiro atoms. The van der Waals surface area contributed by atoms with E-state index in [-0.39, 0.29) is 36.5 Å². The number of hydrogen-bond acceptors (Lipinski definition) is 4. The molecule has 0 N–H and O–H groups in total. The minimum atomic E-state index is -0.327. The fourth-order valence-corrected chi connectivity index (χ4v) is 4.59. The van der Waals surface area contributed by atoms with Gasteiger partial charge in [0.25, 0.3) is 0 Å². The van der Waals surface area contributed by atoms with Gasteiger partial charge in [-0.3, -0.25) is 14.4 Å². The second-order valence-electron chi connectivity index (χ2n) is 7.30. The van der Waals surface area contributed by atoms with E-state index in [1.54, 1.807) is 26.8 Å². The van der Waals surface area contributed by atoms with E-state index in [9.17, 15) is 18.8 Å². The van der Waals surface area contributed by atoms with Crippen LogP contribution in [0.4, 0.5) is 10.1 Å². The third kappa shape index (κ3) is 4.48. The first kappa shape index (κ1) is 20.4. The van der Waals surface area contributed by atoms with Gasteiger partial charge >= 0.3 is 0 Å². The van der Waals surface area contributed by atoms with E-state index < -0.39 is 0 Å². The summed E-state index contributed by atoms with van der Waals surface area (Å²) in [5, 5.41) is 0. The Bertz CT molecular complexity index is 958. The van der Waals surface area contributed by atoms with Gasteiger partial charge in [0, 0.05) is 31.1 Å². The van der Waals surface area contributed by atoms with E-state index in [4.69, 9.17) is 0 Å². The van der Waals surface area contributed by atoms with Gasteiger partial charge in [-0.1, -0.05) is 24.3 Å². The van der Waals surface area contributed by atoms with Gasteiger partial charge in [0.1, 0.15) is 12.4 Å². The number of halogens is 1. The molecule has 1 saturated heterocycles. The first-order chi connectivity index (χ1) is 14.5. The molecule has 0 atom stereocenters. The van der Waals surface area contributed by atoms with Gasteiger partial charge in [-0.25, -0.2) is 4.39 Å². The Morgan fingerprint density at radius 3 is 2.23 bits per heavy atom. The lowest BCUT2D eigenvalue weighted by atomic mass is 10.1. The Balaban J connectivity index is 1.32. The Labute approximate surface area is 178 Å². The second-order valence-corrected chi connectivity index (χ2v) is 8.32. The number of anilines is 1. The summed E-state index contributed by atoms with van der Waals surface area (Å²) in [5.74, 6) is -0.218. The molecule has 1 fully saturated rings. The summed E-state index contributed by atoms with van der Waals surface area (Å²) in [4.78, 5) is 43.7. The zero-order chi connectivity index (χ0) is 21.1. The third-order valence-electron chi connectivity index (χ3n) is 5.36. The van der Waals surface area contributed by atoms with Crippen molar-refractivity contribution < 1.29 is 18.8 Å². The van der Waals surface area contributed by atoms with Gasteiger partial charge in [0.2, 0.25) is 17.7 Å². The Morgan fingerprint density at radius 2 is 1.53 bits per heavy atom. The lowest BCUT2D eigenvalue weighted by Gasteiger charge is -2.36. The maximum Gasteiger partial charge on any atom is 0.242 e. The van der Waals surface area contributed by atoms with Crippen molar-refractivity contribution in [2.24, 2.45) is 0 Å². The predicted octanol–water partition coefficient (Wildman–Crippen LogP) is 2.18. The first-order valence-corrected chi connectivity index (χ1v) is 10.8. The number of fused-ring (bicyclic) bond motifs is 1. The molecule has 0 unspecified atom stereocenters. The number of amides is 3. The van der Waals surface area contributed by atoms with Crippen LogP contribution in [0.1, 0.15) is 5.56 Å². The highest BCUT2D eigenvalue weighted by Gasteiger charge is 2.30. The van der Waals surface area contributed by atoms with E-state index in [0.29, 0.717) is 31.9 Å². The number of piperazine rings is 1. The van der Waals surface area contributed by atoms with Crippen LogP contribution in [0.5, 0.6) is 0 Å². The molecule has 8 heteroatoms. The molecule has 2 aromatic rings. The van der Waals surface area contributed by atoms with Crippen LogP contribution in [0.15, 0.2) is 53.4 Å². The van der Waals surface area contributed by atoms with E-state index in [2.05, 4.69) is 0 Å². The smallest absolute Gasteiger partial charge is 0.242 e. The summed E-state index contributed by atoms with van der Waals surface area (Å²) < 4.78 is 13.0. The predicted molar refractivity (Wildman–Crippen MR) is 113 cm³/mol.